The molecule has 0 bridgehead atoms. The van der Waals surface area contributed by atoms with Crippen LogP contribution in [0.4, 0.5) is 4.39 Å². The number of carbonyl (C=O) groups excluding carboxylic acids is 1. The van der Waals surface area contributed by atoms with E-state index in [-0.39, 0.29) is 29.4 Å². The van der Waals surface area contributed by atoms with Crippen LogP contribution in [0.3, 0.4) is 0 Å². The van der Waals surface area contributed by atoms with E-state index in [1.54, 1.807) is 12.1 Å². The number of nitrogens with one attached hydrogen (secondary N) is 1. The van der Waals surface area contributed by atoms with Gasteiger partial charge in [0.2, 0.25) is 0 Å². The summed E-state index contributed by atoms with van der Waals surface area (Å²) < 4.78 is 21.3. The summed E-state index contributed by atoms with van der Waals surface area (Å²) in [6.07, 6.45) is 3.78. The second kappa shape index (κ2) is 10.4. The highest BCUT2D eigenvalue weighted by Crippen LogP contribution is 2.47. The van der Waals surface area contributed by atoms with Crippen LogP contribution in [0.5, 0.6) is 5.75 Å². The predicted molar refractivity (Wildman–Crippen MR) is 157 cm³/mol. The zero-order valence-electron chi connectivity index (χ0n) is 24.2. The van der Waals surface area contributed by atoms with Gasteiger partial charge in [0.1, 0.15) is 22.6 Å². The second-order valence-corrected chi connectivity index (χ2v) is 12.2. The van der Waals surface area contributed by atoms with Gasteiger partial charge in [0.25, 0.3) is 5.91 Å². The lowest BCUT2D eigenvalue weighted by molar-refractivity contribution is 0.00864. The Morgan fingerprint density at radius 1 is 1.05 bits per heavy atom. The molecule has 2 fully saturated rings. The van der Waals surface area contributed by atoms with Crippen molar-refractivity contribution in [3.05, 3.63) is 82.4 Å². The average molecular weight is 571 g/mol. The topological polar surface area (TPSA) is 117 Å². The largest absolute Gasteiger partial charge is 0.494 e. The monoisotopic (exact) mass is 570 g/mol. The first kappa shape index (κ1) is 28.2. The molecule has 0 aliphatic heterocycles. The first-order valence-electron chi connectivity index (χ1n) is 14.3. The van der Waals surface area contributed by atoms with Crippen LogP contribution >= 0.6 is 0 Å². The Kier molecular flexibility index (Phi) is 6.98. The number of aliphatic hydroxyl groups is 2. The van der Waals surface area contributed by atoms with Gasteiger partial charge in [-0.2, -0.15) is 5.10 Å². The maximum Gasteiger partial charge on any atom is 0.251 e. The van der Waals surface area contributed by atoms with Crippen molar-refractivity contribution in [2.24, 2.45) is 5.92 Å². The van der Waals surface area contributed by atoms with Crippen molar-refractivity contribution in [2.75, 3.05) is 13.7 Å². The molecule has 42 heavy (non-hydrogen) atoms. The van der Waals surface area contributed by atoms with E-state index in [1.165, 1.54) is 32.6 Å². The molecule has 0 spiro atoms. The van der Waals surface area contributed by atoms with E-state index in [2.05, 4.69) is 20.5 Å². The van der Waals surface area contributed by atoms with Gasteiger partial charge in [-0.05, 0) is 88.1 Å². The van der Waals surface area contributed by atoms with Crippen LogP contribution in [0, 0.1) is 18.7 Å². The number of fused-ring (bicyclic) bond motifs is 1. The van der Waals surface area contributed by atoms with Gasteiger partial charge in [-0.3, -0.25) is 4.79 Å². The smallest absolute Gasteiger partial charge is 0.251 e. The van der Waals surface area contributed by atoms with E-state index in [9.17, 15) is 15.0 Å². The van der Waals surface area contributed by atoms with Gasteiger partial charge >= 0.3 is 0 Å². The highest BCUT2D eigenvalue weighted by Gasteiger charge is 2.47. The number of pyridine rings is 1. The summed E-state index contributed by atoms with van der Waals surface area (Å²) in [5.74, 6) is -0.258. The minimum Gasteiger partial charge on any atom is -0.494 e. The zero-order valence-corrected chi connectivity index (χ0v) is 24.2. The van der Waals surface area contributed by atoms with E-state index in [0.717, 1.165) is 25.7 Å². The van der Waals surface area contributed by atoms with Gasteiger partial charge in [0.05, 0.1) is 30.6 Å². The summed E-state index contributed by atoms with van der Waals surface area (Å²) in [7, 11) is 1.50. The molecular formula is C33H35FN4O4. The highest BCUT2D eigenvalue weighted by atomic mass is 19.1. The van der Waals surface area contributed by atoms with Gasteiger partial charge < -0.3 is 20.3 Å². The molecule has 0 unspecified atom stereocenters. The lowest BCUT2D eigenvalue weighted by Gasteiger charge is -2.31. The number of methoxy groups -OCH3 is 1. The molecule has 2 aromatic carbocycles. The number of aryl methyl sites for hydroxylation is 1. The number of nitrogens with zero attached hydrogens (tertiary/aromatic N) is 3. The molecule has 0 radical (unpaired) electrons. The second-order valence-electron chi connectivity index (χ2n) is 12.2. The predicted octanol–water partition coefficient (Wildman–Crippen LogP) is 5.28. The van der Waals surface area contributed by atoms with E-state index in [0.29, 0.717) is 39.4 Å². The van der Waals surface area contributed by atoms with E-state index in [4.69, 9.17) is 4.74 Å². The third kappa shape index (κ3) is 5.34. The van der Waals surface area contributed by atoms with Crippen LogP contribution in [0.2, 0.25) is 0 Å². The van der Waals surface area contributed by atoms with Crippen LogP contribution in [-0.4, -0.2) is 45.0 Å². The fourth-order valence-electron chi connectivity index (χ4n) is 5.56. The van der Waals surface area contributed by atoms with Crippen LogP contribution in [-0.2, 0) is 11.2 Å². The lowest BCUT2D eigenvalue weighted by Crippen LogP contribution is -2.43. The molecule has 3 N–H and O–H groups in total. The van der Waals surface area contributed by atoms with Gasteiger partial charge in [0.15, 0.2) is 5.82 Å². The Balaban J connectivity index is 1.35. The van der Waals surface area contributed by atoms with Crippen LogP contribution in [0.25, 0.3) is 22.2 Å². The van der Waals surface area contributed by atoms with Gasteiger partial charge in [-0.15, -0.1) is 5.10 Å². The van der Waals surface area contributed by atoms with E-state index >= 15 is 4.39 Å². The number of amides is 1. The Bertz CT molecular complexity index is 1680. The summed E-state index contributed by atoms with van der Waals surface area (Å²) in [6, 6.07) is 14.2. The summed E-state index contributed by atoms with van der Waals surface area (Å²) in [6.45, 7) is 4.68. The zero-order chi connectivity index (χ0) is 29.8. The molecule has 8 nitrogen and oxygen atoms in total. The third-order valence-electron chi connectivity index (χ3n) is 8.32. The number of carbonyl (C=O) groups is 1. The molecule has 2 saturated carbocycles. The maximum atomic E-state index is 15.9. The Morgan fingerprint density at radius 3 is 2.38 bits per heavy atom. The lowest BCUT2D eigenvalue weighted by atomic mass is 9.87. The fourth-order valence-corrected chi connectivity index (χ4v) is 5.56. The molecule has 9 heteroatoms. The average Bonchev–Trinajstić information content (AvgIpc) is 3.88. The molecule has 2 aromatic heterocycles. The summed E-state index contributed by atoms with van der Waals surface area (Å²) in [5, 5.41) is 34.8. The third-order valence-corrected chi connectivity index (χ3v) is 8.32. The Hall–Kier alpha value is -3.95. The van der Waals surface area contributed by atoms with Gasteiger partial charge in [-0.25, -0.2) is 9.37 Å². The minimum absolute atomic E-state index is 0.0370. The molecule has 1 atom stereocenters. The van der Waals surface area contributed by atoms with Crippen LogP contribution in [0.1, 0.15) is 78.3 Å². The number of hydrogen-bond acceptors (Lipinski definition) is 7. The molecule has 2 aliphatic carbocycles. The minimum atomic E-state index is -1.57. The van der Waals surface area contributed by atoms with Crippen molar-refractivity contribution in [3.8, 4) is 17.0 Å². The number of halogens is 1. The van der Waals surface area contributed by atoms with Gasteiger partial charge in [-0.1, -0.05) is 24.3 Å². The maximum absolute atomic E-state index is 15.9. The van der Waals surface area contributed by atoms with Crippen molar-refractivity contribution in [1.82, 2.24) is 20.5 Å². The SMILES string of the molecule is COc1cc(C(=O)NC[C@](O)(c2cc(C(C)(C)O)c(F)c(-c3ccc(C4CC4)cc3)n2)C2CC2)cc2cc(C)nnc12. The molecule has 0 saturated heterocycles. The number of benzene rings is 2. The number of aromatic nitrogens is 3. The first-order valence-corrected chi connectivity index (χ1v) is 14.3. The standard InChI is InChI=1S/C33H35FN4O4/c1-18-13-22-14-23(15-26(42-4)29(22)38-37-18)31(39)35-17-33(41,24-11-12-24)27-16-25(32(2,3)40)28(34)30(36-27)21-9-7-20(8-10-21)19-5-6-19/h7-10,13-16,19,24,40-41H,5-6,11-12,17H2,1-4H3,(H,35,39)/t33-/m1/s1. The number of rotatable bonds is 9. The summed E-state index contributed by atoms with van der Waals surface area (Å²) >= 11 is 0. The molecule has 2 heterocycles. The van der Waals surface area contributed by atoms with Crippen molar-refractivity contribution in [3.63, 3.8) is 0 Å². The normalized spacial score (nSPS) is 16.7. The van der Waals surface area contributed by atoms with Crippen molar-refractivity contribution < 1.29 is 24.1 Å². The number of ether oxygens (including phenoxy) is 1. The highest BCUT2D eigenvalue weighted by molar-refractivity contribution is 5.99. The van der Waals surface area contributed by atoms with E-state index in [1.807, 2.05) is 37.3 Å². The molecule has 2 aliphatic rings. The van der Waals surface area contributed by atoms with Crippen molar-refractivity contribution in [1.29, 1.82) is 0 Å². The van der Waals surface area contributed by atoms with Crippen molar-refractivity contribution in [2.45, 2.75) is 63.6 Å². The molecule has 218 valence electrons. The van der Waals surface area contributed by atoms with E-state index < -0.39 is 22.9 Å². The van der Waals surface area contributed by atoms with Crippen LogP contribution < -0.4 is 10.1 Å². The molecule has 6 rings (SSSR count). The molecule has 1 amide bonds. The quantitative estimate of drug-likeness (QED) is 0.251. The van der Waals surface area contributed by atoms with Gasteiger partial charge in [0, 0.05) is 22.1 Å². The first-order chi connectivity index (χ1) is 20.0. The summed E-state index contributed by atoms with van der Waals surface area (Å²) in [4.78, 5) is 18.0. The Labute approximate surface area is 244 Å². The molecule has 4 aromatic rings. The van der Waals surface area contributed by atoms with Crippen molar-refractivity contribution >= 4 is 16.8 Å². The Morgan fingerprint density at radius 2 is 1.76 bits per heavy atom. The number of hydrogen-bond donors (Lipinski definition) is 3. The molecular weight excluding hydrogens is 535 g/mol. The fraction of sp³-hybridized carbons (Fsp3) is 0.394. The van der Waals surface area contributed by atoms with Crippen LogP contribution in [0.15, 0.2) is 48.5 Å². The summed E-state index contributed by atoms with van der Waals surface area (Å²) in [5.41, 5.74) is 0.571.